The van der Waals surface area contributed by atoms with Crippen molar-refractivity contribution in [3.05, 3.63) is 29.6 Å². The van der Waals surface area contributed by atoms with Gasteiger partial charge in [0.25, 0.3) is 0 Å². The SMILES string of the molecule is CCCNc1nc2cc(F)c(OCC)cc2cc1C. The van der Waals surface area contributed by atoms with E-state index < -0.39 is 0 Å². The molecule has 2 aromatic rings. The fourth-order valence-corrected chi connectivity index (χ4v) is 1.97. The number of rotatable bonds is 5. The molecule has 102 valence electrons. The molecular weight excluding hydrogens is 243 g/mol. The van der Waals surface area contributed by atoms with E-state index in [9.17, 15) is 4.39 Å². The molecule has 1 aromatic heterocycles. The molecule has 0 fully saturated rings. The number of hydrogen-bond acceptors (Lipinski definition) is 3. The van der Waals surface area contributed by atoms with Crippen LogP contribution in [-0.2, 0) is 0 Å². The lowest BCUT2D eigenvalue weighted by Gasteiger charge is -2.11. The summed E-state index contributed by atoms with van der Waals surface area (Å²) >= 11 is 0. The lowest BCUT2D eigenvalue weighted by Crippen LogP contribution is -2.04. The highest BCUT2D eigenvalue weighted by atomic mass is 19.1. The van der Waals surface area contributed by atoms with E-state index in [0.29, 0.717) is 12.1 Å². The topological polar surface area (TPSA) is 34.2 Å². The number of ether oxygens (including phenoxy) is 1. The van der Waals surface area contributed by atoms with E-state index in [2.05, 4.69) is 17.2 Å². The summed E-state index contributed by atoms with van der Waals surface area (Å²) in [7, 11) is 0. The second-order valence-electron chi connectivity index (χ2n) is 4.49. The van der Waals surface area contributed by atoms with E-state index in [1.54, 1.807) is 6.07 Å². The van der Waals surface area contributed by atoms with Crippen molar-refractivity contribution in [1.29, 1.82) is 0 Å². The molecule has 0 amide bonds. The van der Waals surface area contributed by atoms with Gasteiger partial charge in [-0.15, -0.1) is 0 Å². The number of anilines is 1. The summed E-state index contributed by atoms with van der Waals surface area (Å²) in [5.74, 6) is 0.732. The Hall–Kier alpha value is -1.84. The van der Waals surface area contributed by atoms with Gasteiger partial charge in [-0.05, 0) is 38.0 Å². The van der Waals surface area contributed by atoms with Gasteiger partial charge in [0.05, 0.1) is 12.1 Å². The van der Waals surface area contributed by atoms with Crippen molar-refractivity contribution in [2.45, 2.75) is 27.2 Å². The Labute approximate surface area is 112 Å². The van der Waals surface area contributed by atoms with Crippen LogP contribution in [-0.4, -0.2) is 18.1 Å². The van der Waals surface area contributed by atoms with E-state index in [0.717, 1.165) is 29.7 Å². The molecule has 2 rings (SSSR count). The van der Waals surface area contributed by atoms with Crippen LogP contribution in [0.3, 0.4) is 0 Å². The van der Waals surface area contributed by atoms with Crippen molar-refractivity contribution in [3.63, 3.8) is 0 Å². The first-order valence-electron chi connectivity index (χ1n) is 6.63. The van der Waals surface area contributed by atoms with Crippen molar-refractivity contribution in [3.8, 4) is 5.75 Å². The van der Waals surface area contributed by atoms with E-state index in [1.165, 1.54) is 6.07 Å². The minimum atomic E-state index is -0.368. The standard InChI is InChI=1S/C15H19FN2O/c1-4-6-17-15-10(3)7-11-8-14(19-5-2)12(16)9-13(11)18-15/h7-9H,4-6H2,1-3H3,(H,17,18). The maximum absolute atomic E-state index is 13.8. The summed E-state index contributed by atoms with van der Waals surface area (Å²) in [6.07, 6.45) is 1.02. The van der Waals surface area contributed by atoms with Gasteiger partial charge in [0.1, 0.15) is 5.82 Å². The monoisotopic (exact) mass is 262 g/mol. The first-order valence-corrected chi connectivity index (χ1v) is 6.63. The van der Waals surface area contributed by atoms with Crippen molar-refractivity contribution in [2.24, 2.45) is 0 Å². The van der Waals surface area contributed by atoms with Crippen molar-refractivity contribution in [2.75, 3.05) is 18.5 Å². The molecule has 3 nitrogen and oxygen atoms in total. The fraction of sp³-hybridized carbons (Fsp3) is 0.400. The van der Waals surface area contributed by atoms with Crippen LogP contribution >= 0.6 is 0 Å². The zero-order valence-electron chi connectivity index (χ0n) is 11.6. The Balaban J connectivity index is 2.45. The Bertz CT molecular complexity index is 584. The summed E-state index contributed by atoms with van der Waals surface area (Å²) in [6, 6.07) is 5.14. The lowest BCUT2D eigenvalue weighted by atomic mass is 10.1. The first kappa shape index (κ1) is 13.6. The van der Waals surface area contributed by atoms with E-state index in [-0.39, 0.29) is 11.6 Å². The number of aryl methyl sites for hydroxylation is 1. The molecule has 1 heterocycles. The Morgan fingerprint density at radius 3 is 2.74 bits per heavy atom. The van der Waals surface area contributed by atoms with Gasteiger partial charge in [0.15, 0.2) is 11.6 Å². The fourth-order valence-electron chi connectivity index (χ4n) is 1.97. The van der Waals surface area contributed by atoms with Crippen LogP contribution in [0.4, 0.5) is 10.2 Å². The highest BCUT2D eigenvalue weighted by Gasteiger charge is 2.09. The van der Waals surface area contributed by atoms with Crippen molar-refractivity contribution >= 4 is 16.7 Å². The van der Waals surface area contributed by atoms with Crippen LogP contribution in [0.5, 0.6) is 5.75 Å². The third-order valence-corrected chi connectivity index (χ3v) is 2.90. The Kier molecular flexibility index (Phi) is 4.20. The molecule has 0 saturated heterocycles. The minimum Gasteiger partial charge on any atom is -0.491 e. The molecule has 0 aliphatic rings. The van der Waals surface area contributed by atoms with Gasteiger partial charge >= 0.3 is 0 Å². The molecule has 4 heteroatoms. The predicted molar refractivity (Wildman–Crippen MR) is 76.4 cm³/mol. The van der Waals surface area contributed by atoms with Gasteiger partial charge in [0, 0.05) is 18.0 Å². The van der Waals surface area contributed by atoms with Crippen LogP contribution in [0.1, 0.15) is 25.8 Å². The molecule has 0 atom stereocenters. The molecule has 19 heavy (non-hydrogen) atoms. The average molecular weight is 262 g/mol. The second kappa shape index (κ2) is 5.87. The molecule has 1 aromatic carbocycles. The Morgan fingerprint density at radius 1 is 1.26 bits per heavy atom. The maximum atomic E-state index is 13.8. The predicted octanol–water partition coefficient (Wildman–Crippen LogP) is 3.90. The molecule has 1 N–H and O–H groups in total. The van der Waals surface area contributed by atoms with Gasteiger partial charge in [0.2, 0.25) is 0 Å². The third-order valence-electron chi connectivity index (χ3n) is 2.90. The third kappa shape index (κ3) is 2.95. The maximum Gasteiger partial charge on any atom is 0.167 e. The number of nitrogens with one attached hydrogen (secondary N) is 1. The molecular formula is C15H19FN2O. The van der Waals surface area contributed by atoms with Gasteiger partial charge in [-0.1, -0.05) is 6.92 Å². The normalized spacial score (nSPS) is 10.7. The van der Waals surface area contributed by atoms with Gasteiger partial charge in [-0.2, -0.15) is 0 Å². The molecule has 0 radical (unpaired) electrons. The zero-order chi connectivity index (χ0) is 13.8. The molecule has 0 spiro atoms. The van der Waals surface area contributed by atoms with E-state index in [1.807, 2.05) is 19.9 Å². The summed E-state index contributed by atoms with van der Waals surface area (Å²) in [4.78, 5) is 4.47. The number of nitrogens with zero attached hydrogens (tertiary/aromatic N) is 1. The number of pyridine rings is 1. The van der Waals surface area contributed by atoms with Crippen LogP contribution < -0.4 is 10.1 Å². The quantitative estimate of drug-likeness (QED) is 0.887. The van der Waals surface area contributed by atoms with Crippen LogP contribution in [0.25, 0.3) is 10.9 Å². The smallest absolute Gasteiger partial charge is 0.167 e. The minimum absolute atomic E-state index is 0.283. The zero-order valence-corrected chi connectivity index (χ0v) is 11.6. The second-order valence-corrected chi connectivity index (χ2v) is 4.49. The highest BCUT2D eigenvalue weighted by molar-refractivity contribution is 5.83. The Morgan fingerprint density at radius 2 is 2.05 bits per heavy atom. The summed E-state index contributed by atoms with van der Waals surface area (Å²) in [6.45, 7) is 7.24. The van der Waals surface area contributed by atoms with E-state index in [4.69, 9.17) is 4.74 Å². The van der Waals surface area contributed by atoms with Crippen LogP contribution in [0.15, 0.2) is 18.2 Å². The highest BCUT2D eigenvalue weighted by Crippen LogP contribution is 2.26. The lowest BCUT2D eigenvalue weighted by molar-refractivity contribution is 0.322. The van der Waals surface area contributed by atoms with Gasteiger partial charge in [-0.25, -0.2) is 9.37 Å². The van der Waals surface area contributed by atoms with Gasteiger partial charge < -0.3 is 10.1 Å². The number of fused-ring (bicyclic) bond motifs is 1. The van der Waals surface area contributed by atoms with Gasteiger partial charge in [-0.3, -0.25) is 0 Å². The van der Waals surface area contributed by atoms with Crippen molar-refractivity contribution < 1.29 is 9.13 Å². The van der Waals surface area contributed by atoms with Crippen LogP contribution in [0, 0.1) is 12.7 Å². The summed E-state index contributed by atoms with van der Waals surface area (Å²) in [5.41, 5.74) is 1.69. The average Bonchev–Trinajstić information content (AvgIpc) is 2.38. The van der Waals surface area contributed by atoms with Crippen LogP contribution in [0.2, 0.25) is 0 Å². The van der Waals surface area contributed by atoms with Crippen molar-refractivity contribution in [1.82, 2.24) is 4.98 Å². The molecule has 0 aliphatic heterocycles. The first-order chi connectivity index (χ1) is 9.15. The number of aromatic nitrogens is 1. The molecule has 0 saturated carbocycles. The van der Waals surface area contributed by atoms with E-state index >= 15 is 0 Å². The summed E-state index contributed by atoms with van der Waals surface area (Å²) < 4.78 is 19.1. The molecule has 0 bridgehead atoms. The number of halogens is 1. The largest absolute Gasteiger partial charge is 0.491 e. The number of benzene rings is 1. The molecule has 0 unspecified atom stereocenters. The summed E-state index contributed by atoms with van der Waals surface area (Å²) in [5, 5.41) is 4.14. The number of hydrogen-bond donors (Lipinski definition) is 1. The molecule has 0 aliphatic carbocycles.